The molecule has 0 bridgehead atoms. The highest BCUT2D eigenvalue weighted by Gasteiger charge is 2.45. The molecule has 408 valence electrons. The lowest BCUT2D eigenvalue weighted by Crippen LogP contribution is -2.38. The average Bonchev–Trinajstić information content (AvgIpc) is 3.84. The first-order valence-corrected chi connectivity index (χ1v) is 30.8. The zero-order valence-electron chi connectivity index (χ0n) is 42.6. The topological polar surface area (TPSA) is 293 Å². The highest BCUT2D eigenvalue weighted by molar-refractivity contribution is 7.86. The van der Waals surface area contributed by atoms with E-state index in [4.69, 9.17) is 0 Å². The van der Waals surface area contributed by atoms with Crippen molar-refractivity contribution in [1.82, 2.24) is 10.2 Å². The lowest BCUT2D eigenvalue weighted by atomic mass is 9.79. The van der Waals surface area contributed by atoms with Crippen LogP contribution in [-0.2, 0) is 72.1 Å². The third kappa shape index (κ3) is 13.6. The van der Waals surface area contributed by atoms with E-state index in [-0.39, 0.29) is 56.2 Å². The molecule has 23 heteroatoms. The van der Waals surface area contributed by atoms with Gasteiger partial charge in [-0.3, -0.25) is 32.9 Å². The minimum atomic E-state index is -4.83. The van der Waals surface area contributed by atoms with Gasteiger partial charge in [-0.25, -0.2) is 8.42 Å². The number of rotatable bonds is 22. The molecule has 76 heavy (non-hydrogen) atoms. The fourth-order valence-electron chi connectivity index (χ4n) is 10.4. The molecule has 0 spiro atoms. The summed E-state index contributed by atoms with van der Waals surface area (Å²) in [5.41, 5.74) is 6.49. The van der Waals surface area contributed by atoms with Crippen LogP contribution in [0.2, 0.25) is 0 Å². The number of unbranched alkanes of at least 4 members (excludes halogenated alkanes) is 1. The minimum absolute atomic E-state index is 0.0236. The van der Waals surface area contributed by atoms with Crippen LogP contribution in [0.3, 0.4) is 0 Å². The smallest absolute Gasteiger partial charge is 0.294 e. The van der Waals surface area contributed by atoms with Crippen molar-refractivity contribution in [2.75, 3.05) is 42.6 Å². The van der Waals surface area contributed by atoms with Gasteiger partial charge in [-0.15, -0.1) is 0 Å². The van der Waals surface area contributed by atoms with E-state index < -0.39 is 79.5 Å². The summed E-state index contributed by atoms with van der Waals surface area (Å²) in [4.78, 5) is 38.4. The molecule has 0 fully saturated rings. The van der Waals surface area contributed by atoms with Crippen molar-refractivity contribution in [3.05, 3.63) is 136 Å². The first-order chi connectivity index (χ1) is 35.5. The van der Waals surface area contributed by atoms with Crippen LogP contribution in [-0.4, -0.2) is 122 Å². The second kappa shape index (κ2) is 22.6. The predicted molar refractivity (Wildman–Crippen MR) is 285 cm³/mol. The summed E-state index contributed by atoms with van der Waals surface area (Å²) >= 11 is 0. The van der Waals surface area contributed by atoms with E-state index in [1.54, 1.807) is 6.07 Å². The Bertz CT molecular complexity index is 3480. The molecule has 0 radical (unpaired) electrons. The Balaban J connectivity index is 1.25. The van der Waals surface area contributed by atoms with E-state index in [1.165, 1.54) is 42.5 Å². The van der Waals surface area contributed by atoms with Gasteiger partial charge < -0.3 is 14.8 Å². The number of nitrogens with zero attached hydrogens (tertiary/aromatic N) is 3. The molecule has 3 amide bonds. The molecule has 0 aromatic heterocycles. The zero-order chi connectivity index (χ0) is 55.6. The number of benzene rings is 3. The van der Waals surface area contributed by atoms with Gasteiger partial charge in [0.05, 0.1) is 26.7 Å². The Morgan fingerprint density at radius 2 is 1.37 bits per heavy atom. The van der Waals surface area contributed by atoms with Crippen molar-refractivity contribution in [1.29, 1.82) is 0 Å². The number of nitrogens with one attached hydrogen (secondary N) is 1. The van der Waals surface area contributed by atoms with Crippen LogP contribution >= 0.6 is 0 Å². The highest BCUT2D eigenvalue weighted by Crippen LogP contribution is 2.49. The molecule has 0 saturated carbocycles. The molecule has 1 aliphatic carbocycles. The van der Waals surface area contributed by atoms with Crippen LogP contribution in [0, 0.1) is 0 Å². The van der Waals surface area contributed by atoms with Gasteiger partial charge in [-0.2, -0.15) is 29.8 Å². The molecule has 4 N–H and O–H groups in total. The largest absolute Gasteiger partial charge is 0.744 e. The quantitative estimate of drug-likeness (QED) is 0.0370. The molecule has 3 aliphatic heterocycles. The fraction of sp³-hybridized carbons (Fsp3) is 0.396. The minimum Gasteiger partial charge on any atom is -0.744 e. The zero-order valence-corrected chi connectivity index (χ0v) is 45.8. The third-order valence-electron chi connectivity index (χ3n) is 14.2. The first-order valence-electron chi connectivity index (χ1n) is 24.7. The van der Waals surface area contributed by atoms with Gasteiger partial charge in [0.1, 0.15) is 16.7 Å². The summed E-state index contributed by atoms with van der Waals surface area (Å²) in [7, 11) is -18.0. The van der Waals surface area contributed by atoms with Crippen LogP contribution in [0.15, 0.2) is 124 Å². The van der Waals surface area contributed by atoms with Crippen molar-refractivity contribution < 1.29 is 70.8 Å². The number of hydrogen-bond donors (Lipinski definition) is 4. The molecule has 0 unspecified atom stereocenters. The van der Waals surface area contributed by atoms with E-state index in [9.17, 15) is 66.3 Å². The molecule has 4 aliphatic rings. The average molecular weight is 1120 g/mol. The second-order valence-corrected chi connectivity index (χ2v) is 26.2. The number of carbonyl (C=O) groups is 3. The van der Waals surface area contributed by atoms with E-state index in [0.717, 1.165) is 32.7 Å². The van der Waals surface area contributed by atoms with Crippen molar-refractivity contribution in [3.8, 4) is 0 Å². The summed E-state index contributed by atoms with van der Waals surface area (Å²) in [6.45, 7) is 8.01. The molecular weight excluding hydrogens is 1060 g/mol. The van der Waals surface area contributed by atoms with Crippen LogP contribution < -0.4 is 10.2 Å². The summed E-state index contributed by atoms with van der Waals surface area (Å²) in [5, 5.41) is 2.76. The lowest BCUT2D eigenvalue weighted by Gasteiger charge is -2.27. The number of imide groups is 1. The standard InChI is InChI=1S/C53H62N4O15S4/c1-52(2)42-34-40(75(67,68)69)20-22-44(42)55(29-8-32-73(61,62)63)46(52)24-18-37-11-7-12-38(19-25-47-53(3,4)43-35-41(76(70,71)72)21-23-45(43)56(47)30-9-33-74(64,65)66)51(37)39-16-14-36(15-17-39)10-5-6-13-48(58)54-28-31-57-49(59)26-27-50(57)60/h14-27,34-35H,5-13,28-33H2,1-4H3,(H4-,54,58,61,62,63,64,65,66,67,68,69,70,71,72). The molecule has 19 nitrogen and oxygen atoms in total. The Kier molecular flexibility index (Phi) is 17.2. The van der Waals surface area contributed by atoms with Crippen molar-refractivity contribution in [3.63, 3.8) is 0 Å². The molecule has 3 aromatic carbocycles. The molecule has 3 aromatic rings. The van der Waals surface area contributed by atoms with Crippen molar-refractivity contribution in [2.24, 2.45) is 0 Å². The Hall–Kier alpha value is -5.92. The van der Waals surface area contributed by atoms with Gasteiger partial charge in [-0.05, 0) is 129 Å². The number of anilines is 1. The number of hydrogen-bond acceptors (Lipinski definition) is 13. The van der Waals surface area contributed by atoms with Gasteiger partial charge in [0.15, 0.2) is 5.71 Å². The summed E-state index contributed by atoms with van der Waals surface area (Å²) < 4.78 is 140. The highest BCUT2D eigenvalue weighted by atomic mass is 32.2. The molecule has 0 atom stereocenters. The van der Waals surface area contributed by atoms with Gasteiger partial charge in [0.25, 0.3) is 42.2 Å². The van der Waals surface area contributed by atoms with Gasteiger partial charge in [-0.1, -0.05) is 50.3 Å². The number of fused-ring (bicyclic) bond motifs is 2. The predicted octanol–water partition coefficient (Wildman–Crippen LogP) is 6.33. The molecule has 0 saturated heterocycles. The van der Waals surface area contributed by atoms with Crippen molar-refractivity contribution >= 4 is 80.9 Å². The van der Waals surface area contributed by atoms with E-state index >= 15 is 0 Å². The number of amides is 3. The number of aryl methyl sites for hydroxylation is 1. The maximum absolute atomic E-state index is 12.6. The number of carbonyl (C=O) groups excluding carboxylic acids is 3. The molecule has 7 rings (SSSR count). The summed E-state index contributed by atoms with van der Waals surface area (Å²) in [6.07, 6.45) is 14.4. The summed E-state index contributed by atoms with van der Waals surface area (Å²) in [6, 6.07) is 16.3. The van der Waals surface area contributed by atoms with Crippen LogP contribution in [0.1, 0.15) is 101 Å². The van der Waals surface area contributed by atoms with Gasteiger partial charge in [0, 0.05) is 79.1 Å². The molecular formula is C53H62N4O15S4. The van der Waals surface area contributed by atoms with Crippen LogP contribution in [0.5, 0.6) is 0 Å². The lowest BCUT2D eigenvalue weighted by molar-refractivity contribution is -0.437. The van der Waals surface area contributed by atoms with E-state index in [1.807, 2.05) is 85.7 Å². The van der Waals surface area contributed by atoms with Crippen molar-refractivity contribution in [2.45, 2.75) is 106 Å². The Morgan fingerprint density at radius 1 is 0.724 bits per heavy atom. The third-order valence-corrected chi connectivity index (χ3v) is 17.5. The monoisotopic (exact) mass is 1120 g/mol. The van der Waals surface area contributed by atoms with Gasteiger partial charge >= 0.3 is 0 Å². The Morgan fingerprint density at radius 3 is 2.01 bits per heavy atom. The van der Waals surface area contributed by atoms with E-state index in [2.05, 4.69) is 5.32 Å². The Labute approximate surface area is 444 Å². The SMILES string of the molecule is CC1(C)C(/C=C/C2=C(c3ccc(CCCCC(=O)NCCN4C(=O)C=CC4=O)cc3)C(=C/C=C3/N(CCCS(=O)(=O)O)c4ccc(S(=O)(=O)O)cc4C3(C)C)/CCC2)=[N+](CCCS(=O)(=O)O)c2ccc(S(=O)(=O)[O-])cc21. The number of allylic oxidation sites excluding steroid dienone is 8. The van der Waals surface area contributed by atoms with Crippen LogP contribution in [0.4, 0.5) is 11.4 Å². The first kappa shape index (κ1) is 57.8. The maximum Gasteiger partial charge on any atom is 0.294 e. The molecule has 3 heterocycles. The van der Waals surface area contributed by atoms with E-state index in [0.29, 0.717) is 72.4 Å². The normalized spacial score (nSPS) is 18.7. The summed E-state index contributed by atoms with van der Waals surface area (Å²) in [5.74, 6) is -2.07. The maximum atomic E-state index is 12.6. The van der Waals surface area contributed by atoms with Crippen LogP contribution in [0.25, 0.3) is 5.57 Å². The fourth-order valence-corrected chi connectivity index (χ4v) is 12.4. The second-order valence-electron chi connectivity index (χ2n) is 20.3. The van der Waals surface area contributed by atoms with Gasteiger partial charge in [0.2, 0.25) is 11.6 Å².